The van der Waals surface area contributed by atoms with Crippen molar-refractivity contribution >= 4 is 22.5 Å². The number of aromatic amines is 1. The van der Waals surface area contributed by atoms with E-state index in [0.717, 1.165) is 28.2 Å². The quantitative estimate of drug-likeness (QED) is 0.891. The van der Waals surface area contributed by atoms with Gasteiger partial charge in [0.2, 0.25) is 0 Å². The molecule has 0 radical (unpaired) electrons. The first-order chi connectivity index (χ1) is 8.51. The molecule has 1 aromatic carbocycles. The average Bonchev–Trinajstić information content (AvgIpc) is 2.76. The van der Waals surface area contributed by atoms with E-state index in [1.54, 1.807) is 7.11 Å². The maximum atomic E-state index is 6.34. The summed E-state index contributed by atoms with van der Waals surface area (Å²) in [6.07, 6.45) is 2.02. The smallest absolute Gasteiger partial charge is 0.143 e. The molecule has 0 bridgehead atoms. The molecular weight excluding hydrogens is 248 g/mol. The zero-order valence-electron chi connectivity index (χ0n) is 11.2. The molecule has 0 fully saturated rings. The van der Waals surface area contributed by atoms with Crippen LogP contribution in [0.1, 0.15) is 19.4 Å². The largest absolute Gasteiger partial charge is 0.495 e. The second-order valence-electron chi connectivity index (χ2n) is 5.12. The fourth-order valence-electron chi connectivity index (χ4n) is 2.42. The molecule has 1 heterocycles. The van der Waals surface area contributed by atoms with Crippen molar-refractivity contribution in [1.82, 2.24) is 10.3 Å². The number of hydrogen-bond donors (Lipinski definition) is 2. The number of ether oxygens (including phenoxy) is 1. The fourth-order valence-corrected chi connectivity index (χ4v) is 2.68. The molecule has 3 nitrogen and oxygen atoms in total. The summed E-state index contributed by atoms with van der Waals surface area (Å²) in [5.74, 6) is 0.820. The zero-order chi connectivity index (χ0) is 13.3. The summed E-state index contributed by atoms with van der Waals surface area (Å²) in [5, 5.41) is 5.03. The van der Waals surface area contributed by atoms with Crippen LogP contribution in [0.2, 0.25) is 5.02 Å². The minimum absolute atomic E-state index is 0.00298. The van der Waals surface area contributed by atoms with Crippen molar-refractivity contribution < 1.29 is 4.74 Å². The molecule has 0 aliphatic rings. The summed E-state index contributed by atoms with van der Waals surface area (Å²) in [6, 6.07) is 3.77. The molecule has 0 amide bonds. The highest BCUT2D eigenvalue weighted by Crippen LogP contribution is 2.38. The monoisotopic (exact) mass is 266 g/mol. The van der Waals surface area contributed by atoms with Gasteiger partial charge in [0, 0.05) is 23.5 Å². The van der Waals surface area contributed by atoms with E-state index in [4.69, 9.17) is 16.3 Å². The van der Waals surface area contributed by atoms with Gasteiger partial charge in [-0.3, -0.25) is 0 Å². The van der Waals surface area contributed by atoms with E-state index in [1.807, 2.05) is 25.4 Å². The van der Waals surface area contributed by atoms with Gasteiger partial charge in [-0.2, -0.15) is 0 Å². The molecule has 2 aromatic rings. The van der Waals surface area contributed by atoms with Crippen LogP contribution >= 0.6 is 11.6 Å². The number of nitrogens with one attached hydrogen (secondary N) is 2. The Morgan fingerprint density at radius 3 is 2.72 bits per heavy atom. The van der Waals surface area contributed by atoms with Gasteiger partial charge in [0.15, 0.2) is 0 Å². The Morgan fingerprint density at radius 1 is 1.39 bits per heavy atom. The molecule has 18 heavy (non-hydrogen) atoms. The third-order valence-corrected chi connectivity index (χ3v) is 3.63. The fraction of sp³-hybridized carbons (Fsp3) is 0.429. The van der Waals surface area contributed by atoms with Crippen LogP contribution in [-0.2, 0) is 5.41 Å². The molecule has 0 atom stereocenters. The van der Waals surface area contributed by atoms with Gasteiger partial charge >= 0.3 is 0 Å². The molecule has 0 unspecified atom stereocenters. The van der Waals surface area contributed by atoms with Crippen LogP contribution in [0.25, 0.3) is 10.9 Å². The van der Waals surface area contributed by atoms with Gasteiger partial charge in [-0.15, -0.1) is 0 Å². The van der Waals surface area contributed by atoms with Crippen LogP contribution in [0, 0.1) is 0 Å². The van der Waals surface area contributed by atoms with Crippen molar-refractivity contribution in [3.05, 3.63) is 28.9 Å². The predicted octanol–water partition coefficient (Wildman–Crippen LogP) is 3.33. The van der Waals surface area contributed by atoms with Crippen LogP contribution in [0.3, 0.4) is 0 Å². The lowest BCUT2D eigenvalue weighted by molar-refractivity contribution is 0.419. The molecule has 0 saturated carbocycles. The van der Waals surface area contributed by atoms with Crippen molar-refractivity contribution in [3.8, 4) is 5.75 Å². The molecule has 4 heteroatoms. The van der Waals surface area contributed by atoms with Gasteiger partial charge in [-0.1, -0.05) is 25.4 Å². The Hall–Kier alpha value is -1.19. The molecule has 2 rings (SSSR count). The Bertz CT molecular complexity index is 560. The van der Waals surface area contributed by atoms with Crippen molar-refractivity contribution in [2.24, 2.45) is 0 Å². The molecule has 0 saturated heterocycles. The maximum Gasteiger partial charge on any atom is 0.143 e. The van der Waals surface area contributed by atoms with Crippen molar-refractivity contribution in [2.45, 2.75) is 19.3 Å². The molecule has 0 aliphatic heterocycles. The van der Waals surface area contributed by atoms with Crippen LogP contribution < -0.4 is 10.1 Å². The Balaban J connectivity index is 2.67. The van der Waals surface area contributed by atoms with E-state index < -0.39 is 0 Å². The molecule has 0 aliphatic carbocycles. The topological polar surface area (TPSA) is 37.0 Å². The van der Waals surface area contributed by atoms with Crippen LogP contribution in [0.15, 0.2) is 18.3 Å². The van der Waals surface area contributed by atoms with Crippen LogP contribution in [-0.4, -0.2) is 25.7 Å². The van der Waals surface area contributed by atoms with Gasteiger partial charge in [0.05, 0.1) is 17.6 Å². The second-order valence-corrected chi connectivity index (χ2v) is 5.52. The first kappa shape index (κ1) is 13.2. The number of fused-ring (bicyclic) bond motifs is 1. The number of rotatable bonds is 4. The first-order valence-corrected chi connectivity index (χ1v) is 6.37. The minimum Gasteiger partial charge on any atom is -0.495 e. The highest BCUT2D eigenvalue weighted by Gasteiger charge is 2.25. The summed E-state index contributed by atoms with van der Waals surface area (Å²) in [6.45, 7) is 5.28. The average molecular weight is 267 g/mol. The second kappa shape index (κ2) is 4.82. The molecule has 2 N–H and O–H groups in total. The van der Waals surface area contributed by atoms with Crippen molar-refractivity contribution in [1.29, 1.82) is 0 Å². The number of benzene rings is 1. The summed E-state index contributed by atoms with van der Waals surface area (Å²) in [5.41, 5.74) is 2.17. The van der Waals surface area contributed by atoms with E-state index in [-0.39, 0.29) is 5.41 Å². The third-order valence-electron chi connectivity index (χ3n) is 3.31. The van der Waals surface area contributed by atoms with E-state index in [2.05, 4.69) is 24.1 Å². The lowest BCUT2D eigenvalue weighted by Crippen LogP contribution is -2.30. The maximum absolute atomic E-state index is 6.34. The van der Waals surface area contributed by atoms with E-state index in [1.165, 1.54) is 5.56 Å². The number of H-pyrrole nitrogens is 1. The SMILES string of the molecule is CNCC(C)(C)c1c[nH]c2c(OC)ccc(Cl)c12. The highest BCUT2D eigenvalue weighted by atomic mass is 35.5. The lowest BCUT2D eigenvalue weighted by Gasteiger charge is -2.24. The van der Waals surface area contributed by atoms with Gasteiger partial charge in [0.25, 0.3) is 0 Å². The lowest BCUT2D eigenvalue weighted by atomic mass is 9.84. The number of methoxy groups -OCH3 is 1. The summed E-state index contributed by atoms with van der Waals surface area (Å²) in [4.78, 5) is 3.28. The molecular formula is C14H19ClN2O. The number of likely N-dealkylation sites (N-methyl/N-ethyl adjacent to an activating group) is 1. The minimum atomic E-state index is 0.00298. The van der Waals surface area contributed by atoms with E-state index >= 15 is 0 Å². The van der Waals surface area contributed by atoms with Gasteiger partial charge < -0.3 is 15.0 Å². The van der Waals surface area contributed by atoms with Gasteiger partial charge in [0.1, 0.15) is 5.75 Å². The van der Waals surface area contributed by atoms with Crippen molar-refractivity contribution in [3.63, 3.8) is 0 Å². The first-order valence-electron chi connectivity index (χ1n) is 6.00. The van der Waals surface area contributed by atoms with Crippen LogP contribution in [0.4, 0.5) is 0 Å². The summed E-state index contributed by atoms with van der Waals surface area (Å²) in [7, 11) is 3.63. The highest BCUT2D eigenvalue weighted by molar-refractivity contribution is 6.36. The normalized spacial score (nSPS) is 12.1. The zero-order valence-corrected chi connectivity index (χ0v) is 12.0. The van der Waals surface area contributed by atoms with E-state index in [0.29, 0.717) is 0 Å². The summed E-state index contributed by atoms with van der Waals surface area (Å²) >= 11 is 6.34. The Labute approximate surface area is 112 Å². The number of aromatic nitrogens is 1. The number of hydrogen-bond acceptors (Lipinski definition) is 2. The van der Waals surface area contributed by atoms with E-state index in [9.17, 15) is 0 Å². The van der Waals surface area contributed by atoms with Gasteiger partial charge in [-0.05, 0) is 24.7 Å². The Morgan fingerprint density at radius 2 is 2.11 bits per heavy atom. The molecule has 98 valence electrons. The molecule has 1 aromatic heterocycles. The van der Waals surface area contributed by atoms with Crippen molar-refractivity contribution in [2.75, 3.05) is 20.7 Å². The number of halogens is 1. The van der Waals surface area contributed by atoms with Gasteiger partial charge in [-0.25, -0.2) is 0 Å². The summed E-state index contributed by atoms with van der Waals surface area (Å²) < 4.78 is 5.36. The predicted molar refractivity (Wildman–Crippen MR) is 76.8 cm³/mol. The third kappa shape index (κ3) is 2.08. The molecule has 0 spiro atoms. The standard InChI is InChI=1S/C14H19ClN2O/c1-14(2,8-16-3)9-7-17-13-11(18-4)6-5-10(15)12(9)13/h5-7,16-17H,8H2,1-4H3. The van der Waals surface area contributed by atoms with Crippen LogP contribution in [0.5, 0.6) is 5.75 Å². The Kier molecular flexibility index (Phi) is 3.55.